The summed E-state index contributed by atoms with van der Waals surface area (Å²) in [5.41, 5.74) is 1.09. The molecule has 0 spiro atoms. The van der Waals surface area contributed by atoms with Crippen LogP contribution in [0.4, 0.5) is 0 Å². The molecule has 0 radical (unpaired) electrons. The number of ether oxygens (including phenoxy) is 1. The zero-order chi connectivity index (χ0) is 7.56. The molecule has 0 unspecified atom stereocenters. The normalized spacial score (nSPS) is 25.7. The second-order valence-corrected chi connectivity index (χ2v) is 2.76. The molecule has 1 aliphatic rings. The molecule has 0 aliphatic carbocycles. The molecule has 0 N–H and O–H groups in total. The lowest BCUT2D eigenvalue weighted by Crippen LogP contribution is -2.21. The van der Waals surface area contributed by atoms with Crippen LogP contribution in [0.2, 0.25) is 0 Å². The molecule has 1 fully saturated rings. The quantitative estimate of drug-likeness (QED) is 0.407. The molecule has 1 saturated heterocycles. The van der Waals surface area contributed by atoms with E-state index in [-0.39, 0.29) is 5.97 Å². The first-order valence-electron chi connectivity index (χ1n) is 3.51. The molecule has 1 atom stereocenters. The molecular weight excluding hydrogens is 128 g/mol. The zero-order valence-corrected chi connectivity index (χ0v) is 6.22. The van der Waals surface area contributed by atoms with Crippen molar-refractivity contribution in [3.8, 4) is 0 Å². The number of rotatable bonds is 1. The van der Waals surface area contributed by atoms with Crippen LogP contribution in [0.3, 0.4) is 0 Å². The third kappa shape index (κ3) is 1.59. The minimum absolute atomic E-state index is 0.0840. The van der Waals surface area contributed by atoms with E-state index in [2.05, 4.69) is 6.58 Å². The monoisotopic (exact) mass is 140 g/mol. The van der Waals surface area contributed by atoms with Gasteiger partial charge in [0, 0.05) is 0 Å². The summed E-state index contributed by atoms with van der Waals surface area (Å²) in [6.45, 7) is 6.33. The number of hydrogen-bond donors (Lipinski definition) is 0. The lowest BCUT2D eigenvalue weighted by Gasteiger charge is -2.20. The van der Waals surface area contributed by atoms with Gasteiger partial charge in [0.05, 0.1) is 13.0 Å². The first-order valence-corrected chi connectivity index (χ1v) is 3.51. The molecule has 2 heteroatoms. The number of carbonyl (C=O) groups is 1. The lowest BCUT2D eigenvalue weighted by molar-refractivity contribution is -0.148. The molecule has 2 nitrogen and oxygen atoms in total. The van der Waals surface area contributed by atoms with Crippen molar-refractivity contribution in [1.29, 1.82) is 0 Å². The van der Waals surface area contributed by atoms with Crippen molar-refractivity contribution in [2.24, 2.45) is 5.92 Å². The highest BCUT2D eigenvalue weighted by Gasteiger charge is 2.20. The largest absolute Gasteiger partial charge is 0.466 e. The maximum Gasteiger partial charge on any atom is 0.306 e. The molecule has 0 bridgehead atoms. The van der Waals surface area contributed by atoms with E-state index in [1.807, 2.05) is 6.92 Å². The van der Waals surface area contributed by atoms with Crippen molar-refractivity contribution in [3.63, 3.8) is 0 Å². The second-order valence-electron chi connectivity index (χ2n) is 2.76. The van der Waals surface area contributed by atoms with Gasteiger partial charge in [-0.3, -0.25) is 4.79 Å². The van der Waals surface area contributed by atoms with Crippen LogP contribution in [0.25, 0.3) is 0 Å². The Morgan fingerprint density at radius 2 is 2.50 bits per heavy atom. The first kappa shape index (κ1) is 7.32. The van der Waals surface area contributed by atoms with E-state index in [9.17, 15) is 4.79 Å². The topological polar surface area (TPSA) is 26.3 Å². The zero-order valence-electron chi connectivity index (χ0n) is 6.22. The third-order valence-electron chi connectivity index (χ3n) is 1.84. The Labute approximate surface area is 60.9 Å². The van der Waals surface area contributed by atoms with Crippen LogP contribution in [0.15, 0.2) is 12.2 Å². The van der Waals surface area contributed by atoms with E-state index in [0.29, 0.717) is 18.9 Å². The van der Waals surface area contributed by atoms with E-state index in [4.69, 9.17) is 4.74 Å². The summed E-state index contributed by atoms with van der Waals surface area (Å²) < 4.78 is 4.78. The average Bonchev–Trinajstić information content (AvgIpc) is 1.88. The van der Waals surface area contributed by atoms with Crippen LogP contribution in [0.5, 0.6) is 0 Å². The van der Waals surface area contributed by atoms with Gasteiger partial charge in [-0.1, -0.05) is 12.2 Å². The minimum atomic E-state index is -0.0840. The lowest BCUT2D eigenvalue weighted by atomic mass is 9.93. The molecule has 1 aliphatic heterocycles. The number of esters is 1. The van der Waals surface area contributed by atoms with Crippen molar-refractivity contribution in [1.82, 2.24) is 0 Å². The van der Waals surface area contributed by atoms with Gasteiger partial charge >= 0.3 is 5.97 Å². The second kappa shape index (κ2) is 2.86. The SMILES string of the molecule is C=C(C)[C@H]1CCOC(=O)C1. The molecule has 56 valence electrons. The van der Waals surface area contributed by atoms with Crippen molar-refractivity contribution >= 4 is 5.97 Å². The fourth-order valence-corrected chi connectivity index (χ4v) is 1.10. The Balaban J connectivity index is 2.47. The van der Waals surface area contributed by atoms with Gasteiger partial charge in [0.25, 0.3) is 0 Å². The molecule has 0 saturated carbocycles. The van der Waals surface area contributed by atoms with Gasteiger partial charge < -0.3 is 4.74 Å². The van der Waals surface area contributed by atoms with Crippen molar-refractivity contribution in [3.05, 3.63) is 12.2 Å². The molecule has 1 rings (SSSR count). The van der Waals surface area contributed by atoms with Gasteiger partial charge in [-0.15, -0.1) is 0 Å². The van der Waals surface area contributed by atoms with Crippen LogP contribution in [0, 0.1) is 5.92 Å². The van der Waals surface area contributed by atoms with E-state index >= 15 is 0 Å². The highest BCUT2D eigenvalue weighted by atomic mass is 16.5. The Kier molecular flexibility index (Phi) is 2.10. The Morgan fingerprint density at radius 3 is 2.90 bits per heavy atom. The summed E-state index contributed by atoms with van der Waals surface area (Å²) in [6, 6.07) is 0. The Morgan fingerprint density at radius 1 is 1.80 bits per heavy atom. The van der Waals surface area contributed by atoms with Crippen molar-refractivity contribution < 1.29 is 9.53 Å². The summed E-state index contributed by atoms with van der Waals surface area (Å²) in [4.78, 5) is 10.7. The molecule has 0 aromatic heterocycles. The first-order chi connectivity index (χ1) is 4.70. The molecule has 0 aromatic rings. The fourth-order valence-electron chi connectivity index (χ4n) is 1.10. The van der Waals surface area contributed by atoms with Gasteiger partial charge in [0.15, 0.2) is 0 Å². The average molecular weight is 140 g/mol. The third-order valence-corrected chi connectivity index (χ3v) is 1.84. The standard InChI is InChI=1S/C8H12O2/c1-6(2)7-3-4-10-8(9)5-7/h7H,1,3-5H2,2H3/t7-/m0/s1. The van der Waals surface area contributed by atoms with Crippen LogP contribution in [0.1, 0.15) is 19.8 Å². The molecule has 0 amide bonds. The number of cyclic esters (lactones) is 1. The fraction of sp³-hybridized carbons (Fsp3) is 0.625. The van der Waals surface area contributed by atoms with E-state index in [1.54, 1.807) is 0 Å². The number of carbonyl (C=O) groups excluding carboxylic acids is 1. The van der Waals surface area contributed by atoms with Crippen LogP contribution >= 0.6 is 0 Å². The van der Waals surface area contributed by atoms with Gasteiger partial charge in [0.2, 0.25) is 0 Å². The highest BCUT2D eigenvalue weighted by Crippen LogP contribution is 2.21. The summed E-state index contributed by atoms with van der Waals surface area (Å²) >= 11 is 0. The van der Waals surface area contributed by atoms with E-state index < -0.39 is 0 Å². The summed E-state index contributed by atoms with van der Waals surface area (Å²) in [5.74, 6) is 0.278. The van der Waals surface area contributed by atoms with Gasteiger partial charge in [-0.2, -0.15) is 0 Å². The van der Waals surface area contributed by atoms with Crippen molar-refractivity contribution in [2.45, 2.75) is 19.8 Å². The van der Waals surface area contributed by atoms with E-state index in [1.165, 1.54) is 0 Å². The summed E-state index contributed by atoms with van der Waals surface area (Å²) in [7, 11) is 0. The van der Waals surface area contributed by atoms with Crippen LogP contribution < -0.4 is 0 Å². The molecule has 1 heterocycles. The molecular formula is C8H12O2. The van der Waals surface area contributed by atoms with Crippen LogP contribution in [-0.4, -0.2) is 12.6 Å². The van der Waals surface area contributed by atoms with Gasteiger partial charge in [0.1, 0.15) is 0 Å². The summed E-state index contributed by atoms with van der Waals surface area (Å²) in [6.07, 6.45) is 1.47. The smallest absolute Gasteiger partial charge is 0.306 e. The van der Waals surface area contributed by atoms with Crippen LogP contribution in [-0.2, 0) is 9.53 Å². The Hall–Kier alpha value is -0.790. The predicted octanol–water partition coefficient (Wildman–Crippen LogP) is 1.52. The minimum Gasteiger partial charge on any atom is -0.466 e. The molecule has 0 aromatic carbocycles. The predicted molar refractivity (Wildman–Crippen MR) is 38.5 cm³/mol. The summed E-state index contributed by atoms with van der Waals surface area (Å²) in [5, 5.41) is 0. The molecule has 10 heavy (non-hydrogen) atoms. The highest BCUT2D eigenvalue weighted by molar-refractivity contribution is 5.70. The number of hydrogen-bond acceptors (Lipinski definition) is 2. The van der Waals surface area contributed by atoms with Gasteiger partial charge in [-0.25, -0.2) is 0 Å². The van der Waals surface area contributed by atoms with Gasteiger partial charge in [-0.05, 0) is 19.3 Å². The Bertz CT molecular complexity index is 159. The number of allylic oxidation sites excluding steroid dienone is 1. The maximum atomic E-state index is 10.7. The van der Waals surface area contributed by atoms with E-state index in [0.717, 1.165) is 12.0 Å². The maximum absolute atomic E-state index is 10.7. The van der Waals surface area contributed by atoms with Crippen molar-refractivity contribution in [2.75, 3.05) is 6.61 Å².